The second kappa shape index (κ2) is 6.20. The molecule has 0 spiro atoms. The molecule has 25 heavy (non-hydrogen) atoms. The van der Waals surface area contributed by atoms with Gasteiger partial charge in [0, 0.05) is 10.9 Å². The quantitative estimate of drug-likeness (QED) is 0.528. The van der Waals surface area contributed by atoms with Crippen molar-refractivity contribution >= 4 is 28.4 Å². The molecule has 0 atom stereocenters. The first-order valence-electron chi connectivity index (χ1n) is 7.74. The Balaban J connectivity index is 1.75. The zero-order chi connectivity index (χ0) is 17.2. The first kappa shape index (κ1) is 15.1. The molecule has 2 aromatic carbocycles. The maximum atomic E-state index is 13.3. The molecular weight excluding hydrogens is 319 g/mol. The van der Waals surface area contributed by atoms with Crippen LogP contribution in [0, 0.1) is 0 Å². The van der Waals surface area contributed by atoms with Crippen molar-refractivity contribution in [2.45, 2.75) is 6.67 Å². The Labute approximate surface area is 142 Å². The van der Waals surface area contributed by atoms with E-state index in [1.165, 1.54) is 0 Å². The number of nitrogens with two attached hydrogens (primary N) is 1. The standard InChI is InChI=1S/C18H15FN6/c19-10-11-5-1-2-6-12(11)14-9-16(23-24-17(14)20)21-18-13-7-3-4-8-15(13)22-25-18/h1-9H,10H2,(H2,20,24)(H2,21,22,23,25). The minimum Gasteiger partial charge on any atom is -0.382 e. The Morgan fingerprint density at radius 2 is 1.80 bits per heavy atom. The van der Waals surface area contributed by atoms with Gasteiger partial charge in [-0.1, -0.05) is 36.4 Å². The summed E-state index contributed by atoms with van der Waals surface area (Å²) in [6.45, 7) is -0.579. The second-order valence-corrected chi connectivity index (χ2v) is 5.56. The number of fused-ring (bicyclic) bond motifs is 1. The van der Waals surface area contributed by atoms with Crippen LogP contribution in [0.1, 0.15) is 5.56 Å². The predicted molar refractivity (Wildman–Crippen MR) is 96.1 cm³/mol. The molecule has 0 radical (unpaired) electrons. The van der Waals surface area contributed by atoms with Gasteiger partial charge < -0.3 is 11.1 Å². The van der Waals surface area contributed by atoms with Crippen LogP contribution in [0.5, 0.6) is 0 Å². The number of hydrogen-bond acceptors (Lipinski definition) is 5. The highest BCUT2D eigenvalue weighted by Gasteiger charge is 2.12. The number of alkyl halides is 1. The van der Waals surface area contributed by atoms with E-state index in [4.69, 9.17) is 5.73 Å². The van der Waals surface area contributed by atoms with E-state index in [1.807, 2.05) is 36.4 Å². The molecule has 4 N–H and O–H groups in total. The van der Waals surface area contributed by atoms with E-state index in [-0.39, 0.29) is 5.82 Å². The minimum absolute atomic E-state index is 0.248. The first-order valence-corrected chi connectivity index (χ1v) is 7.74. The summed E-state index contributed by atoms with van der Waals surface area (Å²) in [5.74, 6) is 1.37. The van der Waals surface area contributed by atoms with Crippen molar-refractivity contribution in [1.29, 1.82) is 0 Å². The Kier molecular flexibility index (Phi) is 3.74. The van der Waals surface area contributed by atoms with Gasteiger partial charge in [0.05, 0.1) is 5.52 Å². The van der Waals surface area contributed by atoms with Gasteiger partial charge in [0.1, 0.15) is 6.67 Å². The molecule has 0 amide bonds. The fraction of sp³-hybridized carbons (Fsp3) is 0.0556. The monoisotopic (exact) mass is 334 g/mol. The molecule has 7 heteroatoms. The van der Waals surface area contributed by atoms with E-state index < -0.39 is 6.67 Å². The van der Waals surface area contributed by atoms with Gasteiger partial charge in [-0.3, -0.25) is 5.10 Å². The smallest absolute Gasteiger partial charge is 0.161 e. The molecule has 0 bridgehead atoms. The van der Waals surface area contributed by atoms with Crippen LogP contribution in [0.25, 0.3) is 22.0 Å². The number of halogens is 1. The van der Waals surface area contributed by atoms with Crippen molar-refractivity contribution < 1.29 is 4.39 Å². The number of para-hydroxylation sites is 1. The Hall–Kier alpha value is -3.48. The predicted octanol–water partition coefficient (Wildman–Crippen LogP) is 3.82. The molecule has 2 heterocycles. The summed E-state index contributed by atoms with van der Waals surface area (Å²) >= 11 is 0. The van der Waals surface area contributed by atoms with Gasteiger partial charge in [-0.05, 0) is 29.3 Å². The average molecular weight is 334 g/mol. The average Bonchev–Trinajstić information content (AvgIpc) is 3.06. The van der Waals surface area contributed by atoms with Crippen LogP contribution in [0.4, 0.5) is 21.8 Å². The Bertz CT molecular complexity index is 1040. The fourth-order valence-corrected chi connectivity index (χ4v) is 2.76. The Morgan fingerprint density at radius 1 is 1.00 bits per heavy atom. The molecule has 4 aromatic rings. The number of rotatable bonds is 4. The summed E-state index contributed by atoms with van der Waals surface area (Å²) in [6, 6.07) is 16.7. The normalized spacial score (nSPS) is 10.9. The van der Waals surface area contributed by atoms with E-state index in [0.29, 0.717) is 28.3 Å². The van der Waals surface area contributed by atoms with Gasteiger partial charge in [-0.2, -0.15) is 5.10 Å². The highest BCUT2D eigenvalue weighted by molar-refractivity contribution is 5.91. The van der Waals surface area contributed by atoms with Gasteiger partial charge in [-0.25, -0.2) is 4.39 Å². The van der Waals surface area contributed by atoms with Crippen molar-refractivity contribution in [3.05, 3.63) is 60.2 Å². The summed E-state index contributed by atoms with van der Waals surface area (Å²) in [6.07, 6.45) is 0. The molecule has 124 valence electrons. The van der Waals surface area contributed by atoms with Crippen LogP contribution >= 0.6 is 0 Å². The van der Waals surface area contributed by atoms with Gasteiger partial charge in [-0.15, -0.1) is 10.2 Å². The van der Waals surface area contributed by atoms with Crippen molar-refractivity contribution in [2.24, 2.45) is 0 Å². The molecular formula is C18H15FN6. The zero-order valence-corrected chi connectivity index (χ0v) is 13.2. The summed E-state index contributed by atoms with van der Waals surface area (Å²) in [5, 5.41) is 19.3. The van der Waals surface area contributed by atoms with Crippen LogP contribution < -0.4 is 11.1 Å². The van der Waals surface area contributed by atoms with Crippen LogP contribution in [0.3, 0.4) is 0 Å². The van der Waals surface area contributed by atoms with Gasteiger partial charge >= 0.3 is 0 Å². The lowest BCUT2D eigenvalue weighted by Crippen LogP contribution is -2.02. The largest absolute Gasteiger partial charge is 0.382 e. The van der Waals surface area contributed by atoms with Gasteiger partial charge in [0.2, 0.25) is 0 Å². The van der Waals surface area contributed by atoms with Crippen molar-refractivity contribution in [2.75, 3.05) is 11.1 Å². The van der Waals surface area contributed by atoms with Crippen molar-refractivity contribution in [3.8, 4) is 11.1 Å². The lowest BCUT2D eigenvalue weighted by Gasteiger charge is -2.10. The molecule has 0 aliphatic heterocycles. The summed E-state index contributed by atoms with van der Waals surface area (Å²) in [4.78, 5) is 0. The number of hydrogen-bond donors (Lipinski definition) is 3. The van der Waals surface area contributed by atoms with Gasteiger partial charge in [0.15, 0.2) is 17.5 Å². The SMILES string of the molecule is Nc1nnc(Nc2n[nH]c3ccccc23)cc1-c1ccccc1CF. The van der Waals surface area contributed by atoms with E-state index in [0.717, 1.165) is 10.9 Å². The van der Waals surface area contributed by atoms with E-state index in [1.54, 1.807) is 18.2 Å². The first-order chi connectivity index (χ1) is 12.3. The molecule has 4 rings (SSSR count). The highest BCUT2D eigenvalue weighted by atomic mass is 19.1. The molecule has 0 saturated carbocycles. The van der Waals surface area contributed by atoms with Crippen molar-refractivity contribution in [1.82, 2.24) is 20.4 Å². The minimum atomic E-state index is -0.579. The summed E-state index contributed by atoms with van der Waals surface area (Å²) in [5.41, 5.74) is 8.76. The van der Waals surface area contributed by atoms with Crippen LogP contribution in [-0.2, 0) is 6.67 Å². The maximum absolute atomic E-state index is 13.3. The van der Waals surface area contributed by atoms with Crippen LogP contribution in [-0.4, -0.2) is 20.4 Å². The van der Waals surface area contributed by atoms with Gasteiger partial charge in [0.25, 0.3) is 0 Å². The molecule has 0 saturated heterocycles. The van der Waals surface area contributed by atoms with E-state index in [2.05, 4.69) is 25.7 Å². The van der Waals surface area contributed by atoms with Crippen LogP contribution in [0.15, 0.2) is 54.6 Å². The number of aromatic amines is 1. The number of nitrogen functional groups attached to an aromatic ring is 1. The third-order valence-electron chi connectivity index (χ3n) is 3.99. The number of H-pyrrole nitrogens is 1. The molecule has 0 fully saturated rings. The Morgan fingerprint density at radius 3 is 2.68 bits per heavy atom. The summed E-state index contributed by atoms with van der Waals surface area (Å²) in [7, 11) is 0. The lowest BCUT2D eigenvalue weighted by atomic mass is 10.0. The highest BCUT2D eigenvalue weighted by Crippen LogP contribution is 2.31. The zero-order valence-electron chi connectivity index (χ0n) is 13.2. The lowest BCUT2D eigenvalue weighted by molar-refractivity contribution is 0.486. The van der Waals surface area contributed by atoms with E-state index >= 15 is 0 Å². The van der Waals surface area contributed by atoms with Crippen molar-refractivity contribution in [3.63, 3.8) is 0 Å². The maximum Gasteiger partial charge on any atom is 0.161 e. The number of nitrogens with zero attached hydrogens (tertiary/aromatic N) is 3. The molecule has 0 aliphatic rings. The summed E-state index contributed by atoms with van der Waals surface area (Å²) < 4.78 is 13.3. The van der Waals surface area contributed by atoms with E-state index in [9.17, 15) is 4.39 Å². The topological polar surface area (TPSA) is 92.5 Å². The fourth-order valence-electron chi connectivity index (χ4n) is 2.76. The number of aromatic nitrogens is 4. The number of nitrogens with one attached hydrogen (secondary N) is 2. The number of anilines is 3. The third kappa shape index (κ3) is 2.76. The molecule has 2 aromatic heterocycles. The molecule has 0 unspecified atom stereocenters. The second-order valence-electron chi connectivity index (χ2n) is 5.56. The third-order valence-corrected chi connectivity index (χ3v) is 3.99. The molecule has 0 aliphatic carbocycles. The number of benzene rings is 2. The van der Waals surface area contributed by atoms with Crippen LogP contribution in [0.2, 0.25) is 0 Å². The molecule has 6 nitrogen and oxygen atoms in total.